The van der Waals surface area contributed by atoms with E-state index in [-0.39, 0.29) is 19.6 Å². The molecule has 112 valence electrons. The van der Waals surface area contributed by atoms with Crippen molar-refractivity contribution >= 4 is 11.9 Å². The van der Waals surface area contributed by atoms with Gasteiger partial charge in [-0.1, -0.05) is 30.3 Å². The number of allylic oxidation sites excluding steroid dienone is 1. The Kier molecular flexibility index (Phi) is 4.47. The number of hydrogen-bond donors (Lipinski definition) is 2. The number of carboxylic acid groups (broad SMARTS) is 2. The molecule has 0 bridgehead atoms. The van der Waals surface area contributed by atoms with Crippen LogP contribution in [0.25, 0.3) is 0 Å². The summed E-state index contributed by atoms with van der Waals surface area (Å²) < 4.78 is 10.1. The zero-order valence-electron chi connectivity index (χ0n) is 11.3. The van der Waals surface area contributed by atoms with E-state index >= 15 is 0 Å². The fourth-order valence-corrected chi connectivity index (χ4v) is 2.39. The summed E-state index contributed by atoms with van der Waals surface area (Å²) in [5.74, 6) is -1.97. The third-order valence-electron chi connectivity index (χ3n) is 3.37. The van der Waals surface area contributed by atoms with E-state index in [2.05, 4.69) is 0 Å². The first-order valence-corrected chi connectivity index (χ1v) is 6.44. The average molecular weight is 292 g/mol. The second-order valence-corrected chi connectivity index (χ2v) is 5.01. The Bertz CT molecular complexity index is 551. The number of carboxylic acids is 2. The van der Waals surface area contributed by atoms with E-state index in [1.165, 1.54) is 6.26 Å². The van der Waals surface area contributed by atoms with Crippen LogP contribution in [0.5, 0.6) is 0 Å². The summed E-state index contributed by atoms with van der Waals surface area (Å²) >= 11 is 0. The van der Waals surface area contributed by atoms with Crippen molar-refractivity contribution in [3.8, 4) is 0 Å². The summed E-state index contributed by atoms with van der Waals surface area (Å²) in [5.41, 5.74) is -0.701. The van der Waals surface area contributed by atoms with Crippen molar-refractivity contribution in [2.75, 3.05) is 6.79 Å². The zero-order chi connectivity index (χ0) is 15.3. The quantitative estimate of drug-likeness (QED) is 0.798. The standard InChI is InChI=1S/C15H16O6/c16-13(17)8-15(14(18)19,7-12-9-20-10-21-12)6-11-4-2-1-3-5-11/h1-5,9H,6-8,10H2,(H,16,17)(H,18,19). The van der Waals surface area contributed by atoms with Crippen LogP contribution in [0.4, 0.5) is 0 Å². The van der Waals surface area contributed by atoms with Crippen molar-refractivity contribution in [2.24, 2.45) is 5.41 Å². The normalized spacial score (nSPS) is 16.3. The molecule has 0 saturated heterocycles. The molecular formula is C15H16O6. The second-order valence-electron chi connectivity index (χ2n) is 5.01. The van der Waals surface area contributed by atoms with Gasteiger partial charge in [0.2, 0.25) is 6.79 Å². The minimum Gasteiger partial charge on any atom is -0.481 e. The minimum absolute atomic E-state index is 0.0243. The maximum absolute atomic E-state index is 11.8. The SMILES string of the molecule is O=C(O)CC(CC1=COCO1)(Cc1ccccc1)C(=O)O. The molecule has 6 nitrogen and oxygen atoms in total. The molecule has 0 amide bonds. The van der Waals surface area contributed by atoms with Gasteiger partial charge in [-0.05, 0) is 12.0 Å². The molecule has 1 aliphatic rings. The van der Waals surface area contributed by atoms with Gasteiger partial charge in [0.1, 0.15) is 12.0 Å². The van der Waals surface area contributed by atoms with Crippen molar-refractivity contribution in [2.45, 2.75) is 19.3 Å². The predicted octanol–water partition coefficient (Wildman–Crippen LogP) is 2.01. The van der Waals surface area contributed by atoms with Crippen LogP contribution in [-0.2, 0) is 25.5 Å². The number of benzene rings is 1. The molecule has 0 radical (unpaired) electrons. The molecule has 2 N–H and O–H groups in total. The number of carbonyl (C=O) groups is 2. The summed E-state index contributed by atoms with van der Waals surface area (Å²) in [7, 11) is 0. The molecule has 6 heteroatoms. The molecule has 1 aromatic rings. The highest BCUT2D eigenvalue weighted by atomic mass is 16.7. The van der Waals surface area contributed by atoms with Gasteiger partial charge in [-0.15, -0.1) is 0 Å². The maximum Gasteiger partial charge on any atom is 0.311 e. The van der Waals surface area contributed by atoms with Crippen LogP contribution in [0, 0.1) is 5.41 Å². The summed E-state index contributed by atoms with van der Waals surface area (Å²) in [6.45, 7) is 0.0312. The smallest absolute Gasteiger partial charge is 0.311 e. The molecule has 0 fully saturated rings. The van der Waals surface area contributed by atoms with Crippen LogP contribution in [0.1, 0.15) is 18.4 Å². The Balaban J connectivity index is 2.29. The summed E-state index contributed by atoms with van der Waals surface area (Å²) in [5, 5.41) is 18.7. The minimum atomic E-state index is -1.47. The van der Waals surface area contributed by atoms with E-state index in [9.17, 15) is 14.7 Å². The Morgan fingerprint density at radius 1 is 1.14 bits per heavy atom. The fraction of sp³-hybridized carbons (Fsp3) is 0.333. The van der Waals surface area contributed by atoms with Gasteiger partial charge in [-0.3, -0.25) is 9.59 Å². The lowest BCUT2D eigenvalue weighted by atomic mass is 9.75. The third-order valence-corrected chi connectivity index (χ3v) is 3.37. The molecule has 0 aromatic heterocycles. The molecule has 1 atom stereocenters. The van der Waals surface area contributed by atoms with Crippen molar-refractivity contribution < 1.29 is 29.3 Å². The summed E-state index contributed by atoms with van der Waals surface area (Å²) in [4.78, 5) is 22.9. The molecule has 0 saturated carbocycles. The second kappa shape index (κ2) is 6.30. The highest BCUT2D eigenvalue weighted by Crippen LogP contribution is 2.36. The van der Waals surface area contributed by atoms with Gasteiger partial charge in [0.25, 0.3) is 0 Å². The Labute approximate surface area is 121 Å². The first kappa shape index (κ1) is 14.9. The van der Waals surface area contributed by atoms with Crippen molar-refractivity contribution in [3.05, 3.63) is 47.9 Å². The van der Waals surface area contributed by atoms with Crippen LogP contribution in [0.2, 0.25) is 0 Å². The third kappa shape index (κ3) is 3.75. The van der Waals surface area contributed by atoms with Gasteiger partial charge in [0, 0.05) is 6.42 Å². The van der Waals surface area contributed by atoms with E-state index in [0.717, 1.165) is 5.56 Å². The summed E-state index contributed by atoms with van der Waals surface area (Å²) in [6.07, 6.45) is 0.933. The van der Waals surface area contributed by atoms with E-state index in [1.54, 1.807) is 24.3 Å². The lowest BCUT2D eigenvalue weighted by Gasteiger charge is -2.27. The van der Waals surface area contributed by atoms with Gasteiger partial charge in [-0.25, -0.2) is 0 Å². The highest BCUT2D eigenvalue weighted by molar-refractivity contribution is 5.82. The molecule has 1 unspecified atom stereocenters. The Hall–Kier alpha value is -2.50. The number of hydrogen-bond acceptors (Lipinski definition) is 4. The van der Waals surface area contributed by atoms with Crippen LogP contribution >= 0.6 is 0 Å². The summed E-state index contributed by atoms with van der Waals surface area (Å²) in [6, 6.07) is 8.95. The highest BCUT2D eigenvalue weighted by Gasteiger charge is 2.42. The van der Waals surface area contributed by atoms with Gasteiger partial charge in [0.05, 0.1) is 11.8 Å². The van der Waals surface area contributed by atoms with Crippen molar-refractivity contribution in [1.82, 2.24) is 0 Å². The molecule has 1 heterocycles. The predicted molar refractivity (Wildman–Crippen MR) is 72.2 cm³/mol. The first-order valence-electron chi connectivity index (χ1n) is 6.44. The number of ether oxygens (including phenoxy) is 2. The fourth-order valence-electron chi connectivity index (χ4n) is 2.39. The molecule has 0 aliphatic carbocycles. The van der Waals surface area contributed by atoms with Crippen LogP contribution in [0.3, 0.4) is 0 Å². The van der Waals surface area contributed by atoms with Crippen LogP contribution < -0.4 is 0 Å². The van der Waals surface area contributed by atoms with Crippen molar-refractivity contribution in [1.29, 1.82) is 0 Å². The number of rotatable bonds is 7. The average Bonchev–Trinajstić information content (AvgIpc) is 2.91. The Morgan fingerprint density at radius 3 is 2.38 bits per heavy atom. The van der Waals surface area contributed by atoms with Crippen molar-refractivity contribution in [3.63, 3.8) is 0 Å². The van der Waals surface area contributed by atoms with E-state index < -0.39 is 23.8 Å². The lowest BCUT2D eigenvalue weighted by molar-refractivity contribution is -0.156. The first-order chi connectivity index (χ1) is 10.0. The van der Waals surface area contributed by atoms with Crippen LogP contribution in [-0.4, -0.2) is 28.9 Å². The zero-order valence-corrected chi connectivity index (χ0v) is 11.3. The lowest BCUT2D eigenvalue weighted by Crippen LogP contribution is -2.36. The maximum atomic E-state index is 11.8. The number of aliphatic carboxylic acids is 2. The largest absolute Gasteiger partial charge is 0.481 e. The van der Waals surface area contributed by atoms with E-state index in [4.69, 9.17) is 14.6 Å². The van der Waals surface area contributed by atoms with Gasteiger partial charge < -0.3 is 19.7 Å². The van der Waals surface area contributed by atoms with Gasteiger partial charge >= 0.3 is 11.9 Å². The molecule has 2 rings (SSSR count). The van der Waals surface area contributed by atoms with Gasteiger partial charge in [0.15, 0.2) is 0 Å². The molecule has 1 aromatic carbocycles. The van der Waals surface area contributed by atoms with E-state index in [1.807, 2.05) is 6.07 Å². The molecular weight excluding hydrogens is 276 g/mol. The molecule has 1 aliphatic heterocycles. The van der Waals surface area contributed by atoms with Gasteiger partial charge in [-0.2, -0.15) is 0 Å². The van der Waals surface area contributed by atoms with Crippen LogP contribution in [0.15, 0.2) is 42.4 Å². The van der Waals surface area contributed by atoms with E-state index in [0.29, 0.717) is 5.76 Å². The molecule has 0 spiro atoms. The Morgan fingerprint density at radius 2 is 1.86 bits per heavy atom. The monoisotopic (exact) mass is 292 g/mol. The molecule has 21 heavy (non-hydrogen) atoms. The topological polar surface area (TPSA) is 93.1 Å².